The number of para-hydroxylation sites is 2. The highest BCUT2D eigenvalue weighted by Crippen LogP contribution is 2.22. The lowest BCUT2D eigenvalue weighted by atomic mass is 10.2. The first kappa shape index (κ1) is 13.2. The SMILES string of the molecule is CCCCCC=NNc1ccccc1[N+](=O)[O-]. The van der Waals surface area contributed by atoms with E-state index in [-0.39, 0.29) is 5.69 Å². The molecule has 0 aliphatic carbocycles. The van der Waals surface area contributed by atoms with Crippen LogP contribution in [0.5, 0.6) is 0 Å². The molecule has 0 aromatic heterocycles. The maximum atomic E-state index is 10.7. The molecule has 17 heavy (non-hydrogen) atoms. The maximum absolute atomic E-state index is 10.7. The topological polar surface area (TPSA) is 67.5 Å². The predicted octanol–water partition coefficient (Wildman–Crippen LogP) is 3.57. The predicted molar refractivity (Wildman–Crippen MR) is 69.4 cm³/mol. The highest BCUT2D eigenvalue weighted by Gasteiger charge is 2.10. The fourth-order valence-electron chi connectivity index (χ4n) is 1.39. The molecule has 5 nitrogen and oxygen atoms in total. The Morgan fingerprint density at radius 1 is 1.41 bits per heavy atom. The van der Waals surface area contributed by atoms with Gasteiger partial charge in [-0.2, -0.15) is 5.10 Å². The molecule has 0 bridgehead atoms. The standard InChI is InChI=1S/C12H17N3O2/c1-2-3-4-7-10-13-14-11-8-5-6-9-12(11)15(16)17/h5-6,8-10,14H,2-4,7H2,1H3. The number of hydrogen-bond donors (Lipinski definition) is 1. The molecule has 0 unspecified atom stereocenters. The molecule has 1 rings (SSSR count). The molecule has 0 atom stereocenters. The summed E-state index contributed by atoms with van der Waals surface area (Å²) in [5, 5.41) is 14.7. The summed E-state index contributed by atoms with van der Waals surface area (Å²) in [6, 6.07) is 6.46. The van der Waals surface area contributed by atoms with Gasteiger partial charge in [-0.15, -0.1) is 0 Å². The van der Waals surface area contributed by atoms with Gasteiger partial charge in [-0.1, -0.05) is 31.9 Å². The summed E-state index contributed by atoms with van der Waals surface area (Å²) in [5.41, 5.74) is 3.16. The molecule has 0 radical (unpaired) electrons. The number of nitrogens with one attached hydrogen (secondary N) is 1. The van der Waals surface area contributed by atoms with Crippen LogP contribution in [0.15, 0.2) is 29.4 Å². The van der Waals surface area contributed by atoms with Gasteiger partial charge in [0.1, 0.15) is 5.69 Å². The number of benzene rings is 1. The van der Waals surface area contributed by atoms with E-state index in [1.165, 1.54) is 18.9 Å². The quantitative estimate of drug-likeness (QED) is 0.340. The molecule has 1 aromatic rings. The fourth-order valence-corrected chi connectivity index (χ4v) is 1.39. The van der Waals surface area contributed by atoms with Crippen molar-refractivity contribution >= 4 is 17.6 Å². The van der Waals surface area contributed by atoms with Crippen molar-refractivity contribution in [2.75, 3.05) is 5.43 Å². The van der Waals surface area contributed by atoms with Crippen molar-refractivity contribution in [3.8, 4) is 0 Å². The first-order valence-corrected chi connectivity index (χ1v) is 5.76. The van der Waals surface area contributed by atoms with Gasteiger partial charge in [-0.05, 0) is 18.9 Å². The second-order valence-corrected chi connectivity index (χ2v) is 3.69. The minimum atomic E-state index is -0.422. The van der Waals surface area contributed by atoms with Gasteiger partial charge in [0.2, 0.25) is 0 Å². The summed E-state index contributed by atoms with van der Waals surface area (Å²) < 4.78 is 0. The highest BCUT2D eigenvalue weighted by molar-refractivity contribution is 5.64. The van der Waals surface area contributed by atoms with Gasteiger partial charge >= 0.3 is 0 Å². The number of unbranched alkanes of at least 4 members (excludes halogenated alkanes) is 3. The van der Waals surface area contributed by atoms with Gasteiger partial charge in [-0.3, -0.25) is 15.5 Å². The second kappa shape index (κ2) is 7.38. The van der Waals surface area contributed by atoms with E-state index in [4.69, 9.17) is 0 Å². The first-order valence-electron chi connectivity index (χ1n) is 5.76. The Kier molecular flexibility index (Phi) is 5.71. The number of anilines is 1. The largest absolute Gasteiger partial charge is 0.294 e. The third kappa shape index (κ3) is 4.63. The zero-order valence-electron chi connectivity index (χ0n) is 9.93. The minimum absolute atomic E-state index is 0.0400. The molecule has 0 saturated carbocycles. The molecule has 0 amide bonds. The van der Waals surface area contributed by atoms with Crippen molar-refractivity contribution < 1.29 is 4.92 Å². The molecule has 0 aliphatic rings. The van der Waals surface area contributed by atoms with Crippen molar-refractivity contribution in [2.24, 2.45) is 5.10 Å². The van der Waals surface area contributed by atoms with E-state index in [1.807, 2.05) is 0 Å². The van der Waals surface area contributed by atoms with Crippen molar-refractivity contribution in [1.29, 1.82) is 0 Å². The molecule has 0 aliphatic heterocycles. The van der Waals surface area contributed by atoms with Crippen LogP contribution in [0.4, 0.5) is 11.4 Å². The molecular weight excluding hydrogens is 218 g/mol. The van der Waals surface area contributed by atoms with Gasteiger partial charge < -0.3 is 0 Å². The lowest BCUT2D eigenvalue weighted by Crippen LogP contribution is -1.96. The Labute approximate surface area is 101 Å². The van der Waals surface area contributed by atoms with Gasteiger partial charge in [0.15, 0.2) is 0 Å². The number of hydrazone groups is 1. The van der Waals surface area contributed by atoms with Crippen molar-refractivity contribution in [3.63, 3.8) is 0 Å². The summed E-state index contributed by atoms with van der Waals surface area (Å²) in [7, 11) is 0. The van der Waals surface area contributed by atoms with Gasteiger partial charge in [0.25, 0.3) is 5.69 Å². The van der Waals surface area contributed by atoms with E-state index in [1.54, 1.807) is 24.4 Å². The van der Waals surface area contributed by atoms with Crippen LogP contribution in [0.25, 0.3) is 0 Å². The van der Waals surface area contributed by atoms with Gasteiger partial charge in [-0.25, -0.2) is 0 Å². The molecule has 1 N–H and O–H groups in total. The average Bonchev–Trinajstić information content (AvgIpc) is 2.34. The van der Waals surface area contributed by atoms with Crippen LogP contribution in [0.1, 0.15) is 32.6 Å². The fraction of sp³-hybridized carbons (Fsp3) is 0.417. The number of nitrogens with zero attached hydrogens (tertiary/aromatic N) is 2. The van der Waals surface area contributed by atoms with E-state index in [0.29, 0.717) is 5.69 Å². The third-order valence-electron chi connectivity index (χ3n) is 2.31. The van der Waals surface area contributed by atoms with Gasteiger partial charge in [0, 0.05) is 12.3 Å². The lowest BCUT2D eigenvalue weighted by molar-refractivity contribution is -0.384. The maximum Gasteiger partial charge on any atom is 0.294 e. The molecule has 0 heterocycles. The summed E-state index contributed by atoms with van der Waals surface area (Å²) in [5.74, 6) is 0. The van der Waals surface area contributed by atoms with Crippen molar-refractivity contribution in [2.45, 2.75) is 32.6 Å². The summed E-state index contributed by atoms with van der Waals surface area (Å²) in [6.07, 6.45) is 6.09. The van der Waals surface area contributed by atoms with Gasteiger partial charge in [0.05, 0.1) is 4.92 Å². The van der Waals surface area contributed by atoms with E-state index in [9.17, 15) is 10.1 Å². The monoisotopic (exact) mass is 235 g/mol. The van der Waals surface area contributed by atoms with Crippen LogP contribution >= 0.6 is 0 Å². The number of nitro groups is 1. The Hall–Kier alpha value is -1.91. The number of hydrogen-bond acceptors (Lipinski definition) is 4. The zero-order chi connectivity index (χ0) is 12.5. The Balaban J connectivity index is 2.48. The van der Waals surface area contributed by atoms with Crippen LogP contribution in [0.3, 0.4) is 0 Å². The van der Waals surface area contributed by atoms with Crippen molar-refractivity contribution in [1.82, 2.24) is 0 Å². The van der Waals surface area contributed by atoms with Crippen molar-refractivity contribution in [3.05, 3.63) is 34.4 Å². The van der Waals surface area contributed by atoms with E-state index in [2.05, 4.69) is 17.5 Å². The molecule has 0 spiro atoms. The number of rotatable bonds is 7. The number of nitro benzene ring substituents is 1. The van der Waals surface area contributed by atoms with Crippen LogP contribution in [0.2, 0.25) is 0 Å². The van der Waals surface area contributed by atoms with E-state index >= 15 is 0 Å². The Morgan fingerprint density at radius 2 is 2.18 bits per heavy atom. The van der Waals surface area contributed by atoms with Crippen LogP contribution in [-0.4, -0.2) is 11.1 Å². The van der Waals surface area contributed by atoms with E-state index < -0.39 is 4.92 Å². The smallest absolute Gasteiger partial charge is 0.272 e. The lowest BCUT2D eigenvalue weighted by Gasteiger charge is -2.00. The molecular formula is C12H17N3O2. The molecule has 1 aromatic carbocycles. The Morgan fingerprint density at radius 3 is 2.88 bits per heavy atom. The molecule has 92 valence electrons. The molecule has 0 saturated heterocycles. The van der Waals surface area contributed by atoms with Crippen LogP contribution in [-0.2, 0) is 0 Å². The summed E-state index contributed by atoms with van der Waals surface area (Å²) in [4.78, 5) is 10.3. The highest BCUT2D eigenvalue weighted by atomic mass is 16.6. The summed E-state index contributed by atoms with van der Waals surface area (Å²) >= 11 is 0. The second-order valence-electron chi connectivity index (χ2n) is 3.69. The molecule has 0 fully saturated rings. The zero-order valence-corrected chi connectivity index (χ0v) is 9.93. The Bertz CT molecular complexity index is 391. The average molecular weight is 235 g/mol. The minimum Gasteiger partial charge on any atom is -0.272 e. The van der Waals surface area contributed by atoms with E-state index in [0.717, 1.165) is 12.8 Å². The molecule has 5 heteroatoms. The summed E-state index contributed by atoms with van der Waals surface area (Å²) in [6.45, 7) is 2.14. The van der Waals surface area contributed by atoms with Crippen LogP contribution < -0.4 is 5.43 Å². The first-order chi connectivity index (χ1) is 8.25. The normalized spacial score (nSPS) is 10.6. The van der Waals surface area contributed by atoms with Crippen LogP contribution in [0, 0.1) is 10.1 Å². The third-order valence-corrected chi connectivity index (χ3v) is 2.31.